The molecule has 0 aromatic heterocycles. The Kier molecular flexibility index (Phi) is 12.5. The summed E-state index contributed by atoms with van der Waals surface area (Å²) in [5.74, 6) is 0. The summed E-state index contributed by atoms with van der Waals surface area (Å²) in [4.78, 5) is 4.91. The van der Waals surface area contributed by atoms with Crippen LogP contribution in [-0.2, 0) is 0 Å². The summed E-state index contributed by atoms with van der Waals surface area (Å²) >= 11 is 0. The van der Waals surface area contributed by atoms with Crippen LogP contribution in [0.4, 0.5) is 0 Å². The third-order valence-corrected chi connectivity index (χ3v) is 3.06. The van der Waals surface area contributed by atoms with Crippen LogP contribution < -0.4 is 0 Å². The Bertz CT molecular complexity index is 145. The van der Waals surface area contributed by atoms with Crippen LogP contribution in [0.5, 0.6) is 0 Å². The number of piperidine rings is 1. The summed E-state index contributed by atoms with van der Waals surface area (Å²) in [6.45, 7) is 17.3. The smallest absolute Gasteiger partial charge is 0.00849 e. The van der Waals surface area contributed by atoms with Crippen LogP contribution in [0.25, 0.3) is 0 Å². The second-order valence-corrected chi connectivity index (χ2v) is 4.51. The van der Waals surface area contributed by atoms with E-state index < -0.39 is 0 Å². The van der Waals surface area contributed by atoms with Crippen molar-refractivity contribution in [1.82, 2.24) is 9.80 Å². The zero-order chi connectivity index (χ0) is 13.9. The average Bonchev–Trinajstić information content (AvgIpc) is 2.35. The molecule has 0 aromatic carbocycles. The summed E-state index contributed by atoms with van der Waals surface area (Å²) in [6.07, 6.45) is 2.87. The normalized spacial score (nSPS) is 21.9. The van der Waals surface area contributed by atoms with E-state index in [0.717, 1.165) is 0 Å². The molecule has 0 N–H and O–H groups in total. The molecular weight excluding hydrogens is 208 g/mol. The van der Waals surface area contributed by atoms with Gasteiger partial charge in [-0.25, -0.2) is 0 Å². The van der Waals surface area contributed by atoms with E-state index in [1.54, 1.807) is 0 Å². The highest BCUT2D eigenvalue weighted by Gasteiger charge is 2.42. The molecule has 2 aliphatic rings. The first-order chi connectivity index (χ1) is 8.20. The van der Waals surface area contributed by atoms with Crippen LogP contribution in [0.2, 0.25) is 0 Å². The summed E-state index contributed by atoms with van der Waals surface area (Å²) in [6, 6.07) is 0. The molecule has 2 rings (SSSR count). The maximum absolute atomic E-state index is 2.48. The Labute approximate surface area is 110 Å². The Morgan fingerprint density at radius 2 is 1.12 bits per heavy atom. The van der Waals surface area contributed by atoms with Gasteiger partial charge in [-0.2, -0.15) is 0 Å². The summed E-state index contributed by atoms with van der Waals surface area (Å²) in [5.41, 5.74) is 0.696. The van der Waals surface area contributed by atoms with E-state index in [4.69, 9.17) is 0 Å². The molecule has 2 aliphatic heterocycles. The fraction of sp³-hybridized carbons (Fsp3) is 1.00. The molecule has 2 heterocycles. The van der Waals surface area contributed by atoms with Gasteiger partial charge in [0.25, 0.3) is 0 Å². The molecule has 2 saturated heterocycles. The first-order valence-electron chi connectivity index (χ1n) is 7.57. The molecule has 0 unspecified atom stereocenters. The molecule has 106 valence electrons. The Balaban J connectivity index is 0. The van der Waals surface area contributed by atoms with Crippen LogP contribution in [0, 0.1) is 5.41 Å². The fourth-order valence-electron chi connectivity index (χ4n) is 2.81. The molecule has 0 bridgehead atoms. The van der Waals surface area contributed by atoms with Gasteiger partial charge >= 0.3 is 0 Å². The minimum absolute atomic E-state index is 0.696. The van der Waals surface area contributed by atoms with Gasteiger partial charge in [-0.15, -0.1) is 0 Å². The highest BCUT2D eigenvalue weighted by molar-refractivity contribution is 4.97. The van der Waals surface area contributed by atoms with Gasteiger partial charge in [-0.1, -0.05) is 41.5 Å². The van der Waals surface area contributed by atoms with Gasteiger partial charge in [0, 0.05) is 25.0 Å². The lowest BCUT2D eigenvalue weighted by molar-refractivity contribution is -0.0330. The number of hydrogen-bond acceptors (Lipinski definition) is 2. The second-order valence-electron chi connectivity index (χ2n) is 4.51. The lowest BCUT2D eigenvalue weighted by Gasteiger charge is -2.53. The van der Waals surface area contributed by atoms with Crippen molar-refractivity contribution in [3.8, 4) is 0 Å². The predicted molar refractivity (Wildman–Crippen MR) is 80.7 cm³/mol. The quantitative estimate of drug-likeness (QED) is 0.641. The molecule has 0 radical (unpaired) electrons. The van der Waals surface area contributed by atoms with Crippen LogP contribution in [0.15, 0.2) is 0 Å². The highest BCUT2D eigenvalue weighted by atomic mass is 15.2. The molecule has 0 atom stereocenters. The molecule has 0 aromatic rings. The fourth-order valence-corrected chi connectivity index (χ4v) is 2.81. The lowest BCUT2D eigenvalue weighted by atomic mass is 9.74. The Morgan fingerprint density at radius 1 is 0.706 bits per heavy atom. The van der Waals surface area contributed by atoms with E-state index in [-0.39, 0.29) is 0 Å². The van der Waals surface area contributed by atoms with Crippen LogP contribution in [-0.4, -0.2) is 50.1 Å². The maximum atomic E-state index is 2.48. The Hall–Kier alpha value is -0.0800. The maximum Gasteiger partial charge on any atom is 0.00849 e. The van der Waals surface area contributed by atoms with Crippen molar-refractivity contribution < 1.29 is 0 Å². The van der Waals surface area contributed by atoms with Gasteiger partial charge in [0.15, 0.2) is 0 Å². The molecule has 1 spiro atoms. The molecule has 2 fully saturated rings. The van der Waals surface area contributed by atoms with Crippen molar-refractivity contribution in [2.24, 2.45) is 5.41 Å². The van der Waals surface area contributed by atoms with Gasteiger partial charge in [0.1, 0.15) is 0 Å². The molecule has 17 heavy (non-hydrogen) atoms. The minimum Gasteiger partial charge on any atom is -0.306 e. The van der Waals surface area contributed by atoms with Gasteiger partial charge < -0.3 is 9.80 Å². The van der Waals surface area contributed by atoms with E-state index in [9.17, 15) is 0 Å². The molecule has 2 nitrogen and oxygen atoms in total. The Morgan fingerprint density at radius 3 is 1.47 bits per heavy atom. The topological polar surface area (TPSA) is 6.48 Å². The van der Waals surface area contributed by atoms with Crippen molar-refractivity contribution in [1.29, 1.82) is 0 Å². The zero-order valence-electron chi connectivity index (χ0n) is 13.6. The van der Waals surface area contributed by atoms with Crippen LogP contribution >= 0.6 is 0 Å². The summed E-state index contributed by atoms with van der Waals surface area (Å²) in [7, 11) is 4.47. The van der Waals surface area contributed by atoms with Crippen molar-refractivity contribution in [2.75, 3.05) is 40.3 Å². The highest BCUT2D eigenvalue weighted by Crippen LogP contribution is 2.37. The average molecular weight is 244 g/mol. The lowest BCUT2D eigenvalue weighted by Crippen LogP contribution is -2.60. The van der Waals surface area contributed by atoms with Gasteiger partial charge in [0.05, 0.1) is 0 Å². The van der Waals surface area contributed by atoms with Crippen molar-refractivity contribution in [3.05, 3.63) is 0 Å². The third-order valence-electron chi connectivity index (χ3n) is 3.06. The molecule has 0 aliphatic carbocycles. The van der Waals surface area contributed by atoms with Crippen LogP contribution in [0.1, 0.15) is 54.4 Å². The monoisotopic (exact) mass is 244 g/mol. The first kappa shape index (κ1) is 19.3. The number of nitrogens with zero attached hydrogens (tertiary/aromatic N) is 2. The summed E-state index contributed by atoms with van der Waals surface area (Å²) in [5, 5.41) is 0. The SMILES string of the molecule is CC.CC.CC.CN1CCCC2(C1)CN(C)C2. The van der Waals surface area contributed by atoms with E-state index >= 15 is 0 Å². The van der Waals surface area contributed by atoms with E-state index in [1.165, 1.54) is 39.0 Å². The second kappa shape index (κ2) is 11.0. The zero-order valence-corrected chi connectivity index (χ0v) is 13.6. The predicted octanol–water partition coefficient (Wildman–Crippen LogP) is 3.72. The molecular formula is C15H36N2. The van der Waals surface area contributed by atoms with E-state index in [2.05, 4.69) is 23.9 Å². The molecule has 2 heteroatoms. The van der Waals surface area contributed by atoms with Crippen molar-refractivity contribution >= 4 is 0 Å². The van der Waals surface area contributed by atoms with Crippen molar-refractivity contribution in [2.45, 2.75) is 54.4 Å². The van der Waals surface area contributed by atoms with Crippen LogP contribution in [0.3, 0.4) is 0 Å². The van der Waals surface area contributed by atoms with E-state index in [0.29, 0.717) is 5.41 Å². The molecule has 0 amide bonds. The van der Waals surface area contributed by atoms with Gasteiger partial charge in [0.2, 0.25) is 0 Å². The largest absolute Gasteiger partial charge is 0.306 e. The van der Waals surface area contributed by atoms with Crippen molar-refractivity contribution in [3.63, 3.8) is 0 Å². The van der Waals surface area contributed by atoms with E-state index in [1.807, 2.05) is 41.5 Å². The number of rotatable bonds is 0. The minimum atomic E-state index is 0.696. The number of likely N-dealkylation sites (tertiary alicyclic amines) is 2. The third kappa shape index (κ3) is 6.42. The van der Waals surface area contributed by atoms with Gasteiger partial charge in [-0.3, -0.25) is 0 Å². The standard InChI is InChI=1S/C9H18N2.3C2H6/c1-10-5-3-4-9(6-10)7-11(2)8-9;3*1-2/h3-8H2,1-2H3;3*1-2H3. The number of hydrogen-bond donors (Lipinski definition) is 0. The summed E-state index contributed by atoms with van der Waals surface area (Å²) < 4.78 is 0. The van der Waals surface area contributed by atoms with Gasteiger partial charge in [-0.05, 0) is 33.5 Å². The molecule has 0 saturated carbocycles. The first-order valence-corrected chi connectivity index (χ1v) is 7.57.